The highest BCUT2D eigenvalue weighted by Crippen LogP contribution is 2.22. The van der Waals surface area contributed by atoms with E-state index in [1.54, 1.807) is 4.90 Å². The maximum absolute atomic E-state index is 13.5. The number of amides is 1. The summed E-state index contributed by atoms with van der Waals surface area (Å²) in [5.74, 6) is -1.53. The van der Waals surface area contributed by atoms with E-state index in [1.807, 2.05) is 0 Å². The Kier molecular flexibility index (Phi) is 3.91. The summed E-state index contributed by atoms with van der Waals surface area (Å²) in [4.78, 5) is 13.5. The van der Waals surface area contributed by atoms with Crippen LogP contribution >= 0.6 is 0 Å². The molecule has 1 fully saturated rings. The van der Waals surface area contributed by atoms with Crippen molar-refractivity contribution in [2.45, 2.75) is 25.3 Å². The number of likely N-dealkylation sites (tertiary alicyclic amines) is 1. The quantitative estimate of drug-likeness (QED) is 0.896. The molecule has 3 nitrogen and oxygen atoms in total. The summed E-state index contributed by atoms with van der Waals surface area (Å²) < 4.78 is 27.0. The fraction of sp³-hybridized carbons (Fsp3) is 0.462. The number of nitrogens with two attached hydrogens (primary N) is 1. The monoisotopic (exact) mass is 254 g/mol. The summed E-state index contributed by atoms with van der Waals surface area (Å²) >= 11 is 0. The van der Waals surface area contributed by atoms with E-state index in [-0.39, 0.29) is 17.9 Å². The van der Waals surface area contributed by atoms with E-state index in [9.17, 15) is 13.6 Å². The lowest BCUT2D eigenvalue weighted by Gasteiger charge is -2.19. The summed E-state index contributed by atoms with van der Waals surface area (Å²) in [5, 5.41) is 0. The Morgan fingerprint density at radius 2 is 1.83 bits per heavy atom. The fourth-order valence-electron chi connectivity index (χ4n) is 2.25. The molecule has 18 heavy (non-hydrogen) atoms. The number of benzene rings is 1. The van der Waals surface area contributed by atoms with Gasteiger partial charge in [-0.05, 0) is 25.0 Å². The van der Waals surface area contributed by atoms with Crippen LogP contribution in [-0.2, 0) is 4.79 Å². The highest BCUT2D eigenvalue weighted by Gasteiger charge is 2.23. The van der Waals surface area contributed by atoms with Gasteiger partial charge in [0.2, 0.25) is 5.91 Å². The number of nitrogens with zero attached hydrogens (tertiary/aromatic N) is 1. The maximum atomic E-state index is 13.5. The van der Waals surface area contributed by atoms with E-state index in [1.165, 1.54) is 6.07 Å². The summed E-state index contributed by atoms with van der Waals surface area (Å²) in [6.07, 6.45) is 1.90. The summed E-state index contributed by atoms with van der Waals surface area (Å²) in [6, 6.07) is 2.65. The molecular formula is C13H16F2N2O. The third-order valence-electron chi connectivity index (χ3n) is 3.22. The second kappa shape index (κ2) is 5.44. The largest absolute Gasteiger partial charge is 0.343 e. The smallest absolute Gasteiger partial charge is 0.224 e. The molecule has 98 valence electrons. The molecule has 1 atom stereocenters. The zero-order valence-corrected chi connectivity index (χ0v) is 10.0. The van der Waals surface area contributed by atoms with Crippen LogP contribution in [0.4, 0.5) is 8.78 Å². The topological polar surface area (TPSA) is 46.3 Å². The van der Waals surface area contributed by atoms with Crippen LogP contribution < -0.4 is 5.73 Å². The van der Waals surface area contributed by atoms with Gasteiger partial charge in [-0.25, -0.2) is 8.78 Å². The van der Waals surface area contributed by atoms with E-state index in [0.29, 0.717) is 13.1 Å². The molecule has 1 aromatic carbocycles. The fourth-order valence-corrected chi connectivity index (χ4v) is 2.25. The Morgan fingerprint density at radius 1 is 1.28 bits per heavy atom. The van der Waals surface area contributed by atoms with Crippen LogP contribution in [0.25, 0.3) is 0 Å². The van der Waals surface area contributed by atoms with Gasteiger partial charge in [-0.3, -0.25) is 4.79 Å². The van der Waals surface area contributed by atoms with Crippen LogP contribution in [-0.4, -0.2) is 23.9 Å². The Labute approximate surface area is 105 Å². The highest BCUT2D eigenvalue weighted by molar-refractivity contribution is 5.77. The van der Waals surface area contributed by atoms with Gasteiger partial charge in [-0.1, -0.05) is 6.07 Å². The number of halogens is 2. The molecule has 0 aliphatic carbocycles. The molecule has 1 aliphatic heterocycles. The van der Waals surface area contributed by atoms with Crippen molar-refractivity contribution in [1.29, 1.82) is 0 Å². The zero-order chi connectivity index (χ0) is 13.1. The first-order chi connectivity index (χ1) is 8.59. The molecule has 1 aliphatic rings. The van der Waals surface area contributed by atoms with E-state index in [0.717, 1.165) is 25.0 Å². The van der Waals surface area contributed by atoms with Gasteiger partial charge in [0.1, 0.15) is 11.6 Å². The molecule has 1 amide bonds. The first-order valence-electron chi connectivity index (χ1n) is 6.07. The Hall–Kier alpha value is -1.49. The van der Waals surface area contributed by atoms with Crippen molar-refractivity contribution in [1.82, 2.24) is 4.90 Å². The third kappa shape index (κ3) is 2.67. The molecule has 0 bridgehead atoms. The van der Waals surface area contributed by atoms with Gasteiger partial charge in [-0.2, -0.15) is 0 Å². The number of carbonyl (C=O) groups excluding carboxylic acids is 1. The molecule has 1 saturated heterocycles. The predicted molar refractivity (Wildman–Crippen MR) is 63.7 cm³/mol. The first kappa shape index (κ1) is 13.0. The van der Waals surface area contributed by atoms with Crippen molar-refractivity contribution in [3.8, 4) is 0 Å². The van der Waals surface area contributed by atoms with Crippen LogP contribution in [0.15, 0.2) is 18.2 Å². The first-order valence-corrected chi connectivity index (χ1v) is 6.07. The normalized spacial score (nSPS) is 16.9. The van der Waals surface area contributed by atoms with E-state index < -0.39 is 17.7 Å². The van der Waals surface area contributed by atoms with Gasteiger partial charge < -0.3 is 10.6 Å². The molecule has 0 radical (unpaired) electrons. The molecule has 1 heterocycles. The van der Waals surface area contributed by atoms with Crippen LogP contribution in [0, 0.1) is 11.6 Å². The molecule has 2 rings (SSSR count). The lowest BCUT2D eigenvalue weighted by molar-refractivity contribution is -0.130. The Bertz CT molecular complexity index is 424. The standard InChI is InChI=1S/C13H16F2N2O/c14-9-4-3-5-10(15)13(9)11(16)8-12(18)17-6-1-2-7-17/h3-5,11H,1-2,6-8,16H2/t11-/m1/s1. The Balaban J connectivity index is 2.07. The molecule has 0 spiro atoms. The van der Waals surface area contributed by atoms with E-state index in [2.05, 4.69) is 0 Å². The minimum Gasteiger partial charge on any atom is -0.343 e. The lowest BCUT2D eigenvalue weighted by atomic mass is 10.0. The van der Waals surface area contributed by atoms with Crippen LogP contribution in [0.3, 0.4) is 0 Å². The van der Waals surface area contributed by atoms with Gasteiger partial charge >= 0.3 is 0 Å². The molecule has 0 unspecified atom stereocenters. The lowest BCUT2D eigenvalue weighted by Crippen LogP contribution is -2.31. The maximum Gasteiger partial charge on any atom is 0.224 e. The van der Waals surface area contributed by atoms with Crippen molar-refractivity contribution in [2.75, 3.05) is 13.1 Å². The second-order valence-electron chi connectivity index (χ2n) is 4.53. The van der Waals surface area contributed by atoms with Crippen molar-refractivity contribution < 1.29 is 13.6 Å². The van der Waals surface area contributed by atoms with Crippen LogP contribution in [0.1, 0.15) is 30.9 Å². The highest BCUT2D eigenvalue weighted by atomic mass is 19.1. The number of hydrogen-bond donors (Lipinski definition) is 1. The molecular weight excluding hydrogens is 238 g/mol. The van der Waals surface area contributed by atoms with Crippen molar-refractivity contribution in [3.05, 3.63) is 35.4 Å². The summed E-state index contributed by atoms with van der Waals surface area (Å²) in [6.45, 7) is 1.43. The van der Waals surface area contributed by atoms with Crippen molar-refractivity contribution in [3.63, 3.8) is 0 Å². The summed E-state index contributed by atoms with van der Waals surface area (Å²) in [5.41, 5.74) is 5.53. The molecule has 5 heteroatoms. The number of carbonyl (C=O) groups is 1. The van der Waals surface area contributed by atoms with Gasteiger partial charge in [0.15, 0.2) is 0 Å². The second-order valence-corrected chi connectivity index (χ2v) is 4.53. The van der Waals surface area contributed by atoms with Crippen LogP contribution in [0.2, 0.25) is 0 Å². The Morgan fingerprint density at radius 3 is 2.39 bits per heavy atom. The number of rotatable bonds is 3. The minimum absolute atomic E-state index is 0.0577. The van der Waals surface area contributed by atoms with Crippen molar-refractivity contribution >= 4 is 5.91 Å². The molecule has 1 aromatic rings. The molecule has 2 N–H and O–H groups in total. The predicted octanol–water partition coefficient (Wildman–Crippen LogP) is 1.98. The van der Waals surface area contributed by atoms with E-state index in [4.69, 9.17) is 5.73 Å². The minimum atomic E-state index is -0.931. The van der Waals surface area contributed by atoms with Crippen LogP contribution in [0.5, 0.6) is 0 Å². The van der Waals surface area contributed by atoms with E-state index >= 15 is 0 Å². The molecule has 0 aromatic heterocycles. The van der Waals surface area contributed by atoms with Gasteiger partial charge in [-0.15, -0.1) is 0 Å². The zero-order valence-electron chi connectivity index (χ0n) is 10.0. The van der Waals surface area contributed by atoms with Crippen molar-refractivity contribution in [2.24, 2.45) is 5.73 Å². The SMILES string of the molecule is N[C@H](CC(=O)N1CCCC1)c1c(F)cccc1F. The molecule has 0 saturated carbocycles. The van der Waals surface area contributed by atoms with Gasteiger partial charge in [0.05, 0.1) is 0 Å². The summed E-state index contributed by atoms with van der Waals surface area (Å²) in [7, 11) is 0. The average molecular weight is 254 g/mol. The number of hydrogen-bond acceptors (Lipinski definition) is 2. The van der Waals surface area contributed by atoms with Gasteiger partial charge in [0.25, 0.3) is 0 Å². The third-order valence-corrected chi connectivity index (χ3v) is 3.22. The van der Waals surface area contributed by atoms with Gasteiger partial charge in [0, 0.05) is 31.1 Å². The average Bonchev–Trinajstić information content (AvgIpc) is 2.81.